The number of para-hydroxylation sites is 1. The largest absolute Gasteiger partial charge is 0.495 e. The number of aryl methyl sites for hydroxylation is 1. The van der Waals surface area contributed by atoms with Gasteiger partial charge in [0.15, 0.2) is 6.10 Å². The molecule has 0 radical (unpaired) electrons. The molecule has 0 aliphatic carbocycles. The second-order valence-corrected chi connectivity index (χ2v) is 9.96. The number of carbonyl (C=O) groups is 1. The molecule has 3 aromatic rings. The number of hydrogen-bond donors (Lipinski definition) is 2. The third-order valence-electron chi connectivity index (χ3n) is 5.25. The number of amides is 1. The summed E-state index contributed by atoms with van der Waals surface area (Å²) < 4.78 is 39.4. The Bertz CT molecular complexity index is 1250. The standard InChI is InChI=1S/C26H30N2O5S/c1-17(2)22-8-6-7-9-24(22)33-19(4)26(29)27-20-11-13-21(14-12-20)34(30,31)28-23-16-18(3)10-15-25(23)32-5/h6-17,19,28H,1-5H3,(H,27,29)/t19-/m1/s1. The first-order valence-corrected chi connectivity index (χ1v) is 12.4. The number of anilines is 2. The minimum Gasteiger partial charge on any atom is -0.495 e. The Kier molecular flexibility index (Phi) is 7.83. The molecule has 0 saturated carbocycles. The molecular formula is C26H30N2O5S. The molecule has 0 unspecified atom stereocenters. The molecule has 2 N–H and O–H groups in total. The first kappa shape index (κ1) is 25.1. The Morgan fingerprint density at radius 2 is 1.59 bits per heavy atom. The summed E-state index contributed by atoms with van der Waals surface area (Å²) >= 11 is 0. The number of ether oxygens (including phenoxy) is 2. The molecule has 34 heavy (non-hydrogen) atoms. The second-order valence-electron chi connectivity index (χ2n) is 8.28. The van der Waals surface area contributed by atoms with Crippen LogP contribution in [0.25, 0.3) is 0 Å². The fourth-order valence-electron chi connectivity index (χ4n) is 3.38. The molecule has 0 fully saturated rings. The van der Waals surface area contributed by atoms with Gasteiger partial charge in [-0.3, -0.25) is 9.52 Å². The van der Waals surface area contributed by atoms with E-state index < -0.39 is 16.1 Å². The van der Waals surface area contributed by atoms with Gasteiger partial charge in [0.1, 0.15) is 11.5 Å². The van der Waals surface area contributed by atoms with Crippen LogP contribution in [0.3, 0.4) is 0 Å². The van der Waals surface area contributed by atoms with Crippen LogP contribution in [0, 0.1) is 6.92 Å². The monoisotopic (exact) mass is 482 g/mol. The lowest BCUT2D eigenvalue weighted by Crippen LogP contribution is -2.30. The predicted molar refractivity (Wildman–Crippen MR) is 134 cm³/mol. The number of rotatable bonds is 9. The Morgan fingerprint density at radius 1 is 0.912 bits per heavy atom. The number of benzene rings is 3. The maximum Gasteiger partial charge on any atom is 0.265 e. The maximum atomic E-state index is 12.8. The number of sulfonamides is 1. The van der Waals surface area contributed by atoms with E-state index in [1.807, 2.05) is 37.3 Å². The fraction of sp³-hybridized carbons (Fsp3) is 0.269. The van der Waals surface area contributed by atoms with E-state index in [9.17, 15) is 13.2 Å². The summed E-state index contributed by atoms with van der Waals surface area (Å²) in [6, 6.07) is 18.8. The highest BCUT2D eigenvalue weighted by atomic mass is 32.2. The summed E-state index contributed by atoms with van der Waals surface area (Å²) in [7, 11) is -2.37. The van der Waals surface area contributed by atoms with Gasteiger partial charge in [-0.15, -0.1) is 0 Å². The van der Waals surface area contributed by atoms with Gasteiger partial charge in [-0.25, -0.2) is 8.42 Å². The van der Waals surface area contributed by atoms with Crippen LogP contribution < -0.4 is 19.5 Å². The van der Waals surface area contributed by atoms with Crippen LogP contribution in [0.15, 0.2) is 71.6 Å². The number of nitrogens with one attached hydrogen (secondary N) is 2. The minimum absolute atomic E-state index is 0.0595. The molecule has 7 nitrogen and oxygen atoms in total. The average Bonchev–Trinajstić information content (AvgIpc) is 2.79. The Balaban J connectivity index is 1.68. The van der Waals surface area contributed by atoms with Gasteiger partial charge in [-0.1, -0.05) is 38.1 Å². The SMILES string of the molecule is COc1ccc(C)cc1NS(=O)(=O)c1ccc(NC(=O)[C@@H](C)Oc2ccccc2C(C)C)cc1. The van der Waals surface area contributed by atoms with Crippen LogP contribution in [0.4, 0.5) is 11.4 Å². The summed E-state index contributed by atoms with van der Waals surface area (Å²) in [6.45, 7) is 7.66. The molecule has 3 rings (SSSR count). The molecule has 3 aromatic carbocycles. The first-order chi connectivity index (χ1) is 16.1. The molecule has 8 heteroatoms. The highest BCUT2D eigenvalue weighted by molar-refractivity contribution is 7.92. The van der Waals surface area contributed by atoms with Gasteiger partial charge >= 0.3 is 0 Å². The van der Waals surface area contributed by atoms with Crippen LogP contribution >= 0.6 is 0 Å². The predicted octanol–water partition coefficient (Wildman–Crippen LogP) is 5.33. The summed E-state index contributed by atoms with van der Waals surface area (Å²) in [6.07, 6.45) is -0.737. The van der Waals surface area contributed by atoms with Gasteiger partial charge in [-0.05, 0) is 73.4 Å². The van der Waals surface area contributed by atoms with Crippen molar-refractivity contribution in [2.24, 2.45) is 0 Å². The first-order valence-electron chi connectivity index (χ1n) is 10.9. The molecule has 0 aliphatic rings. The van der Waals surface area contributed by atoms with Crippen molar-refractivity contribution in [2.75, 3.05) is 17.1 Å². The van der Waals surface area contributed by atoms with Gasteiger partial charge in [0.05, 0.1) is 17.7 Å². The van der Waals surface area contributed by atoms with E-state index in [4.69, 9.17) is 9.47 Å². The molecule has 180 valence electrons. The molecule has 1 amide bonds. The highest BCUT2D eigenvalue weighted by Gasteiger charge is 2.19. The van der Waals surface area contributed by atoms with Crippen LogP contribution in [0.1, 0.15) is 37.8 Å². The van der Waals surface area contributed by atoms with Crippen molar-refractivity contribution in [3.05, 3.63) is 77.9 Å². The smallest absolute Gasteiger partial charge is 0.265 e. The summed E-state index contributed by atoms with van der Waals surface area (Å²) in [5.41, 5.74) is 2.73. The summed E-state index contributed by atoms with van der Waals surface area (Å²) in [5, 5.41) is 2.77. The van der Waals surface area contributed by atoms with E-state index in [-0.39, 0.29) is 16.7 Å². The van der Waals surface area contributed by atoms with Gasteiger partial charge < -0.3 is 14.8 Å². The lowest BCUT2D eigenvalue weighted by molar-refractivity contribution is -0.122. The van der Waals surface area contributed by atoms with Crippen molar-refractivity contribution in [1.82, 2.24) is 0 Å². The van der Waals surface area contributed by atoms with E-state index >= 15 is 0 Å². The minimum atomic E-state index is -3.85. The van der Waals surface area contributed by atoms with Gasteiger partial charge in [0, 0.05) is 5.69 Å². The molecule has 0 bridgehead atoms. The topological polar surface area (TPSA) is 93.7 Å². The van der Waals surface area contributed by atoms with E-state index in [1.165, 1.54) is 31.4 Å². The van der Waals surface area contributed by atoms with Crippen molar-refractivity contribution in [1.29, 1.82) is 0 Å². The zero-order chi connectivity index (χ0) is 24.9. The Hall–Kier alpha value is -3.52. The van der Waals surface area contributed by atoms with Gasteiger partial charge in [-0.2, -0.15) is 0 Å². The van der Waals surface area contributed by atoms with Crippen molar-refractivity contribution in [3.63, 3.8) is 0 Å². The van der Waals surface area contributed by atoms with E-state index in [1.54, 1.807) is 19.1 Å². The highest BCUT2D eigenvalue weighted by Crippen LogP contribution is 2.29. The third kappa shape index (κ3) is 6.08. The molecule has 0 heterocycles. The lowest BCUT2D eigenvalue weighted by atomic mass is 10.0. The van der Waals surface area contributed by atoms with Gasteiger partial charge in [0.25, 0.3) is 15.9 Å². The van der Waals surface area contributed by atoms with Crippen molar-refractivity contribution in [2.45, 2.75) is 44.6 Å². The van der Waals surface area contributed by atoms with Crippen LogP contribution in [-0.2, 0) is 14.8 Å². The maximum absolute atomic E-state index is 12.8. The fourth-order valence-corrected chi connectivity index (χ4v) is 4.44. The zero-order valence-electron chi connectivity index (χ0n) is 20.0. The summed E-state index contributed by atoms with van der Waals surface area (Å²) in [5.74, 6) is 1.01. The summed E-state index contributed by atoms with van der Waals surface area (Å²) in [4.78, 5) is 12.7. The molecule has 0 aromatic heterocycles. The Labute approximate surface area is 201 Å². The van der Waals surface area contributed by atoms with E-state index in [0.29, 0.717) is 22.9 Å². The Morgan fingerprint density at radius 3 is 2.24 bits per heavy atom. The number of hydrogen-bond acceptors (Lipinski definition) is 5. The van der Waals surface area contributed by atoms with Crippen LogP contribution in [0.2, 0.25) is 0 Å². The van der Waals surface area contributed by atoms with Crippen molar-refractivity contribution >= 4 is 27.3 Å². The molecule has 1 atom stereocenters. The van der Waals surface area contributed by atoms with Crippen molar-refractivity contribution < 1.29 is 22.7 Å². The zero-order valence-corrected chi connectivity index (χ0v) is 20.8. The quantitative estimate of drug-likeness (QED) is 0.430. The third-order valence-corrected chi connectivity index (χ3v) is 6.63. The van der Waals surface area contributed by atoms with E-state index in [0.717, 1.165) is 11.1 Å². The molecular weight excluding hydrogens is 452 g/mol. The number of methoxy groups -OCH3 is 1. The second kappa shape index (κ2) is 10.6. The van der Waals surface area contributed by atoms with E-state index in [2.05, 4.69) is 23.9 Å². The molecule has 0 spiro atoms. The van der Waals surface area contributed by atoms with Crippen molar-refractivity contribution in [3.8, 4) is 11.5 Å². The lowest BCUT2D eigenvalue weighted by Gasteiger charge is -2.19. The molecule has 0 saturated heterocycles. The average molecular weight is 483 g/mol. The number of carbonyl (C=O) groups excluding carboxylic acids is 1. The van der Waals surface area contributed by atoms with Crippen LogP contribution in [-0.4, -0.2) is 27.5 Å². The van der Waals surface area contributed by atoms with Gasteiger partial charge in [0.2, 0.25) is 0 Å². The molecule has 0 aliphatic heterocycles. The van der Waals surface area contributed by atoms with Crippen LogP contribution in [0.5, 0.6) is 11.5 Å². The normalized spacial score (nSPS) is 12.2.